The minimum atomic E-state index is -1.41. The molecule has 0 aliphatic carbocycles. The van der Waals surface area contributed by atoms with Crippen LogP contribution in [0.1, 0.15) is 0 Å². The van der Waals surface area contributed by atoms with Gasteiger partial charge in [0.25, 0.3) is 5.91 Å². The van der Waals surface area contributed by atoms with E-state index in [4.69, 9.17) is 0 Å². The molecule has 7 nitrogen and oxygen atoms in total. The molecule has 2 aliphatic rings. The van der Waals surface area contributed by atoms with Crippen LogP contribution in [-0.4, -0.2) is 40.9 Å². The van der Waals surface area contributed by atoms with Crippen molar-refractivity contribution in [1.29, 1.82) is 0 Å². The number of urea groups is 1. The zero-order valence-corrected chi connectivity index (χ0v) is 9.46. The third kappa shape index (κ3) is 1.56. The summed E-state index contributed by atoms with van der Waals surface area (Å²) in [7, 11) is 0. The summed E-state index contributed by atoms with van der Waals surface area (Å²) in [5.74, 6) is -1.37. The van der Waals surface area contributed by atoms with Crippen molar-refractivity contribution in [3.05, 3.63) is 25.3 Å². The molecule has 1 fully saturated rings. The van der Waals surface area contributed by atoms with Crippen LogP contribution in [0.25, 0.3) is 0 Å². The van der Waals surface area contributed by atoms with Crippen molar-refractivity contribution in [2.45, 2.75) is 11.8 Å². The Morgan fingerprint density at radius 1 is 1.39 bits per heavy atom. The fourth-order valence-electron chi connectivity index (χ4n) is 2.06. The maximum Gasteiger partial charge on any atom is 0.323 e. The van der Waals surface area contributed by atoms with Crippen LogP contribution in [0.15, 0.2) is 35.3 Å². The van der Waals surface area contributed by atoms with Gasteiger partial charge in [-0.2, -0.15) is 0 Å². The number of aliphatic hydroxyl groups is 1. The highest BCUT2D eigenvalue weighted by molar-refractivity contribution is 6.48. The van der Waals surface area contributed by atoms with Crippen LogP contribution in [0.2, 0.25) is 0 Å². The van der Waals surface area contributed by atoms with Gasteiger partial charge >= 0.3 is 6.03 Å². The highest BCUT2D eigenvalue weighted by Gasteiger charge is 2.53. The van der Waals surface area contributed by atoms with Crippen LogP contribution in [0.4, 0.5) is 4.79 Å². The van der Waals surface area contributed by atoms with Crippen molar-refractivity contribution < 1.29 is 14.7 Å². The van der Waals surface area contributed by atoms with Gasteiger partial charge in [0.05, 0.1) is 12.0 Å². The van der Waals surface area contributed by atoms with Crippen molar-refractivity contribution in [1.82, 2.24) is 10.6 Å². The zero-order chi connectivity index (χ0) is 13.3. The summed E-state index contributed by atoms with van der Waals surface area (Å²) >= 11 is 0. The van der Waals surface area contributed by atoms with Gasteiger partial charge in [0.2, 0.25) is 0 Å². The van der Waals surface area contributed by atoms with Crippen LogP contribution >= 0.6 is 0 Å². The maximum absolute atomic E-state index is 11.7. The Hall–Kier alpha value is -2.28. The van der Waals surface area contributed by atoms with E-state index in [0.717, 1.165) is 0 Å². The number of fused-ring (bicyclic) bond motifs is 1. The summed E-state index contributed by atoms with van der Waals surface area (Å²) in [5.41, 5.74) is -1.39. The van der Waals surface area contributed by atoms with Crippen LogP contribution < -0.4 is 10.6 Å². The van der Waals surface area contributed by atoms with Gasteiger partial charge in [-0.25, -0.2) is 14.8 Å². The predicted molar refractivity (Wildman–Crippen MR) is 65.2 cm³/mol. The summed E-state index contributed by atoms with van der Waals surface area (Å²) in [4.78, 5) is 31.0. The molecular formula is C11H12N4O3. The molecule has 1 saturated heterocycles. The number of carbonyl (C=O) groups is 2. The number of hydrogen-bond acceptors (Lipinski definition) is 5. The lowest BCUT2D eigenvalue weighted by Crippen LogP contribution is -2.69. The van der Waals surface area contributed by atoms with Crippen LogP contribution in [0, 0.1) is 5.92 Å². The van der Waals surface area contributed by atoms with Gasteiger partial charge in [-0.15, -0.1) is 13.2 Å². The van der Waals surface area contributed by atoms with Gasteiger partial charge < -0.3 is 10.4 Å². The predicted octanol–water partition coefficient (Wildman–Crippen LogP) is -0.646. The molecule has 18 heavy (non-hydrogen) atoms. The molecule has 3 unspecified atom stereocenters. The second-order valence-corrected chi connectivity index (χ2v) is 3.88. The lowest BCUT2D eigenvalue weighted by Gasteiger charge is -2.38. The van der Waals surface area contributed by atoms with E-state index in [1.165, 1.54) is 18.5 Å². The zero-order valence-electron chi connectivity index (χ0n) is 9.46. The molecule has 0 aromatic rings. The number of amides is 3. The van der Waals surface area contributed by atoms with Gasteiger partial charge in [0.15, 0.2) is 11.4 Å². The number of carbonyl (C=O) groups excluding carboxylic acids is 2. The minimum Gasteiger partial charge on any atom is -0.388 e. The average molecular weight is 248 g/mol. The van der Waals surface area contributed by atoms with Crippen molar-refractivity contribution in [2.24, 2.45) is 15.9 Å². The number of aliphatic hydroxyl groups excluding tert-OH is 1. The molecule has 2 heterocycles. The number of hydrogen-bond donors (Lipinski definition) is 3. The number of aliphatic imine (C=N–C) groups is 2. The van der Waals surface area contributed by atoms with Crippen LogP contribution in [0.3, 0.4) is 0 Å². The number of rotatable bonds is 4. The van der Waals surface area contributed by atoms with Crippen molar-refractivity contribution in [3.8, 4) is 0 Å². The van der Waals surface area contributed by atoms with Crippen molar-refractivity contribution in [3.63, 3.8) is 0 Å². The van der Waals surface area contributed by atoms with Gasteiger partial charge in [0, 0.05) is 0 Å². The van der Waals surface area contributed by atoms with E-state index in [9.17, 15) is 14.7 Å². The first-order chi connectivity index (χ1) is 8.55. The normalized spacial score (nSPS) is 28.6. The monoisotopic (exact) mass is 248 g/mol. The Labute approximate surface area is 103 Å². The largest absolute Gasteiger partial charge is 0.388 e. The SMILES string of the molecule is C=CC(O)C(C=C)C12N=CN=C1C(=O)NC(=O)N2. The van der Waals surface area contributed by atoms with Gasteiger partial charge in [-0.1, -0.05) is 12.2 Å². The maximum atomic E-state index is 11.7. The Kier molecular flexibility index (Phi) is 2.84. The fraction of sp³-hybridized carbons (Fsp3) is 0.273. The molecule has 7 heteroatoms. The van der Waals surface area contributed by atoms with Crippen LogP contribution in [-0.2, 0) is 4.79 Å². The van der Waals surface area contributed by atoms with E-state index in [0.29, 0.717) is 0 Å². The molecule has 2 rings (SSSR count). The van der Waals surface area contributed by atoms with E-state index >= 15 is 0 Å². The van der Waals surface area contributed by atoms with Gasteiger partial charge in [0.1, 0.15) is 6.34 Å². The van der Waals surface area contributed by atoms with E-state index in [-0.39, 0.29) is 5.71 Å². The van der Waals surface area contributed by atoms with E-state index in [2.05, 4.69) is 33.8 Å². The third-order valence-electron chi connectivity index (χ3n) is 2.90. The topological polar surface area (TPSA) is 103 Å². The van der Waals surface area contributed by atoms with E-state index < -0.39 is 29.6 Å². The van der Waals surface area contributed by atoms with Gasteiger partial charge in [-0.05, 0) is 0 Å². The summed E-state index contributed by atoms with van der Waals surface area (Å²) in [5, 5.41) is 14.5. The third-order valence-corrected chi connectivity index (χ3v) is 2.90. The smallest absolute Gasteiger partial charge is 0.323 e. The first kappa shape index (κ1) is 12.2. The quantitative estimate of drug-likeness (QED) is 0.576. The number of imide groups is 1. The summed E-state index contributed by atoms with van der Waals surface area (Å²) < 4.78 is 0. The summed E-state index contributed by atoms with van der Waals surface area (Å²) in [6.07, 6.45) is 2.84. The molecule has 94 valence electrons. The van der Waals surface area contributed by atoms with Gasteiger partial charge in [-0.3, -0.25) is 10.1 Å². The molecule has 3 N–H and O–H groups in total. The minimum absolute atomic E-state index is 0.0212. The number of nitrogens with one attached hydrogen (secondary N) is 2. The standard InChI is InChI=1S/C11H12N4O3/c1-3-6(7(16)4-2)11-8(12-5-13-11)9(17)14-10(18)15-11/h3-7,16H,1-2H2,(H2,14,15,17,18). The first-order valence-corrected chi connectivity index (χ1v) is 5.24. The summed E-state index contributed by atoms with van der Waals surface area (Å²) in [6.45, 7) is 7.06. The Balaban J connectivity index is 2.49. The molecule has 0 aromatic heterocycles. The molecule has 0 aromatic carbocycles. The highest BCUT2D eigenvalue weighted by atomic mass is 16.3. The van der Waals surface area contributed by atoms with Crippen LogP contribution in [0.5, 0.6) is 0 Å². The van der Waals surface area contributed by atoms with Crippen molar-refractivity contribution >= 4 is 24.0 Å². The lowest BCUT2D eigenvalue weighted by atomic mass is 9.83. The van der Waals surface area contributed by atoms with E-state index in [1.807, 2.05) is 0 Å². The highest BCUT2D eigenvalue weighted by Crippen LogP contribution is 2.30. The summed E-state index contributed by atoms with van der Waals surface area (Å²) in [6, 6.07) is -0.693. The second-order valence-electron chi connectivity index (χ2n) is 3.88. The molecule has 3 atom stereocenters. The first-order valence-electron chi connectivity index (χ1n) is 5.24. The molecule has 3 amide bonds. The molecule has 0 radical (unpaired) electrons. The Bertz CT molecular complexity index is 497. The molecular weight excluding hydrogens is 236 g/mol. The van der Waals surface area contributed by atoms with E-state index in [1.54, 1.807) is 0 Å². The fourth-order valence-corrected chi connectivity index (χ4v) is 2.06. The second kappa shape index (κ2) is 4.19. The average Bonchev–Trinajstić information content (AvgIpc) is 2.74. The molecule has 0 saturated carbocycles. The Morgan fingerprint density at radius 2 is 2.11 bits per heavy atom. The lowest BCUT2D eigenvalue weighted by molar-refractivity contribution is -0.114. The number of nitrogens with zero attached hydrogens (tertiary/aromatic N) is 2. The van der Waals surface area contributed by atoms with Crippen molar-refractivity contribution in [2.75, 3.05) is 0 Å². The molecule has 0 bridgehead atoms. The molecule has 2 aliphatic heterocycles. The Morgan fingerprint density at radius 3 is 2.72 bits per heavy atom. The molecule has 0 spiro atoms.